The van der Waals surface area contributed by atoms with E-state index in [2.05, 4.69) is 18.2 Å². The highest BCUT2D eigenvalue weighted by Gasteiger charge is 2.55. The van der Waals surface area contributed by atoms with Gasteiger partial charge < -0.3 is 14.4 Å². The highest BCUT2D eigenvalue weighted by atomic mass is 16.6. The number of hydrogen-bond acceptors (Lipinski definition) is 3. The minimum atomic E-state index is -0.124. The van der Waals surface area contributed by atoms with Crippen molar-refractivity contribution in [2.24, 2.45) is 5.92 Å². The van der Waals surface area contributed by atoms with Gasteiger partial charge in [-0.1, -0.05) is 18.9 Å². The van der Waals surface area contributed by atoms with E-state index in [1.165, 1.54) is 36.8 Å². The molecule has 25 heavy (non-hydrogen) atoms. The normalized spacial score (nSPS) is 30.2. The number of carbonyl (C=O) groups is 1. The third-order valence-electron chi connectivity index (χ3n) is 6.62. The third kappa shape index (κ3) is 2.61. The van der Waals surface area contributed by atoms with Crippen molar-refractivity contribution < 1.29 is 14.3 Å². The highest BCUT2D eigenvalue weighted by molar-refractivity contribution is 5.69. The number of carbonyl (C=O) groups excluding carboxylic acids is 1. The summed E-state index contributed by atoms with van der Waals surface area (Å²) in [7, 11) is 0. The fourth-order valence-electron chi connectivity index (χ4n) is 5.67. The maximum absolute atomic E-state index is 12.5. The number of fused-ring (bicyclic) bond motifs is 1. The number of piperidine rings is 1. The smallest absolute Gasteiger partial charge is 0.410 e. The van der Waals surface area contributed by atoms with Gasteiger partial charge in [-0.15, -0.1) is 0 Å². The molecule has 0 spiro atoms. The summed E-state index contributed by atoms with van der Waals surface area (Å²) >= 11 is 0. The number of ether oxygens (including phenoxy) is 2. The van der Waals surface area contributed by atoms with E-state index in [4.69, 9.17) is 9.47 Å². The lowest BCUT2D eigenvalue weighted by Gasteiger charge is -2.58. The Morgan fingerprint density at radius 3 is 2.92 bits per heavy atom. The maximum Gasteiger partial charge on any atom is 0.410 e. The van der Waals surface area contributed by atoms with E-state index in [-0.39, 0.29) is 11.5 Å². The molecule has 136 valence electrons. The molecule has 4 rings (SSSR count). The van der Waals surface area contributed by atoms with Gasteiger partial charge in [-0.25, -0.2) is 4.79 Å². The summed E-state index contributed by atoms with van der Waals surface area (Å²) < 4.78 is 11.1. The number of nitrogens with zero attached hydrogens (tertiary/aromatic N) is 1. The minimum Gasteiger partial charge on any atom is -0.494 e. The van der Waals surface area contributed by atoms with E-state index >= 15 is 0 Å². The van der Waals surface area contributed by atoms with Gasteiger partial charge in [0.2, 0.25) is 0 Å². The van der Waals surface area contributed by atoms with E-state index in [1.807, 2.05) is 18.7 Å². The van der Waals surface area contributed by atoms with Crippen LogP contribution in [0.4, 0.5) is 4.79 Å². The van der Waals surface area contributed by atoms with Gasteiger partial charge in [0.1, 0.15) is 5.75 Å². The van der Waals surface area contributed by atoms with Crippen molar-refractivity contribution >= 4 is 6.09 Å². The molecule has 2 bridgehead atoms. The second-order valence-electron chi connectivity index (χ2n) is 7.67. The summed E-state index contributed by atoms with van der Waals surface area (Å²) in [6.45, 7) is 5.89. The minimum absolute atomic E-state index is 0.124. The molecule has 0 radical (unpaired) electrons. The summed E-state index contributed by atoms with van der Waals surface area (Å²) in [5.41, 5.74) is 3.13. The zero-order valence-corrected chi connectivity index (χ0v) is 15.4. The molecule has 1 aromatic carbocycles. The number of benzene rings is 1. The fraction of sp³-hybridized carbons (Fsp3) is 0.667. The summed E-state index contributed by atoms with van der Waals surface area (Å²) in [6.07, 6.45) is 6.91. The first-order valence-corrected chi connectivity index (χ1v) is 9.89. The lowest BCUT2D eigenvalue weighted by atomic mass is 9.52. The Morgan fingerprint density at radius 1 is 1.24 bits per heavy atom. The Balaban J connectivity index is 1.75. The fourth-order valence-corrected chi connectivity index (χ4v) is 5.67. The van der Waals surface area contributed by atoms with Crippen molar-refractivity contribution in [2.45, 2.75) is 63.8 Å². The summed E-state index contributed by atoms with van der Waals surface area (Å²) in [5, 5.41) is 0. The molecule has 3 aliphatic rings. The van der Waals surface area contributed by atoms with Gasteiger partial charge in [0, 0.05) is 18.0 Å². The van der Waals surface area contributed by atoms with Crippen LogP contribution in [0.3, 0.4) is 0 Å². The van der Waals surface area contributed by atoms with Crippen LogP contribution in [-0.2, 0) is 16.6 Å². The molecule has 0 aromatic heterocycles. The van der Waals surface area contributed by atoms with Crippen LogP contribution in [0.15, 0.2) is 18.2 Å². The molecule has 1 aromatic rings. The zero-order chi connectivity index (χ0) is 17.4. The molecular formula is C21H29NO3. The number of likely N-dealkylation sites (tertiary alicyclic amines) is 1. The molecule has 1 saturated carbocycles. The molecule has 1 heterocycles. The van der Waals surface area contributed by atoms with E-state index in [0.29, 0.717) is 25.2 Å². The van der Waals surface area contributed by atoms with Crippen LogP contribution in [0.2, 0.25) is 0 Å². The van der Waals surface area contributed by atoms with Crippen LogP contribution in [-0.4, -0.2) is 36.8 Å². The molecule has 1 amide bonds. The van der Waals surface area contributed by atoms with Crippen LogP contribution in [0.5, 0.6) is 5.75 Å². The highest BCUT2D eigenvalue weighted by Crippen LogP contribution is 2.56. The first-order chi connectivity index (χ1) is 12.2. The first-order valence-electron chi connectivity index (χ1n) is 9.89. The molecule has 1 aliphatic heterocycles. The van der Waals surface area contributed by atoms with Gasteiger partial charge in [0.25, 0.3) is 0 Å². The van der Waals surface area contributed by atoms with Crippen molar-refractivity contribution in [2.75, 3.05) is 19.8 Å². The van der Waals surface area contributed by atoms with Crippen molar-refractivity contribution in [3.05, 3.63) is 29.3 Å². The lowest BCUT2D eigenvalue weighted by Crippen LogP contribution is -2.62. The maximum atomic E-state index is 12.5. The third-order valence-corrected chi connectivity index (χ3v) is 6.62. The molecule has 4 nitrogen and oxygen atoms in total. The predicted octanol–water partition coefficient (Wildman–Crippen LogP) is 4.30. The van der Waals surface area contributed by atoms with E-state index in [9.17, 15) is 4.79 Å². The monoisotopic (exact) mass is 343 g/mol. The van der Waals surface area contributed by atoms with E-state index in [0.717, 1.165) is 25.1 Å². The molecule has 3 atom stereocenters. The van der Waals surface area contributed by atoms with Gasteiger partial charge in [-0.05, 0) is 68.7 Å². The number of rotatable bonds is 3. The molecule has 2 aliphatic carbocycles. The van der Waals surface area contributed by atoms with Crippen LogP contribution >= 0.6 is 0 Å². The average molecular weight is 343 g/mol. The van der Waals surface area contributed by atoms with Crippen LogP contribution in [0, 0.1) is 5.92 Å². The number of amides is 1. The van der Waals surface area contributed by atoms with Gasteiger partial charge in [-0.2, -0.15) is 0 Å². The van der Waals surface area contributed by atoms with Crippen molar-refractivity contribution in [1.82, 2.24) is 4.90 Å². The van der Waals surface area contributed by atoms with E-state index in [1.54, 1.807) is 0 Å². The Labute approximate surface area is 150 Å². The molecule has 2 fully saturated rings. The predicted molar refractivity (Wildman–Crippen MR) is 97.1 cm³/mol. The van der Waals surface area contributed by atoms with Gasteiger partial charge in [0.05, 0.1) is 13.2 Å². The molecule has 0 N–H and O–H groups in total. The second kappa shape index (κ2) is 6.54. The Bertz CT molecular complexity index is 659. The van der Waals surface area contributed by atoms with Crippen LogP contribution in [0.1, 0.15) is 57.1 Å². The Hall–Kier alpha value is -1.71. The quantitative estimate of drug-likeness (QED) is 0.821. The largest absolute Gasteiger partial charge is 0.494 e. The topological polar surface area (TPSA) is 38.8 Å². The number of hydrogen-bond donors (Lipinski definition) is 0. The van der Waals surface area contributed by atoms with Gasteiger partial charge in [0.15, 0.2) is 0 Å². The molecule has 0 unspecified atom stereocenters. The molecule has 1 saturated heterocycles. The molecule has 4 heteroatoms. The van der Waals surface area contributed by atoms with Crippen molar-refractivity contribution in [3.63, 3.8) is 0 Å². The summed E-state index contributed by atoms with van der Waals surface area (Å²) in [4.78, 5) is 14.5. The summed E-state index contributed by atoms with van der Waals surface area (Å²) in [5.74, 6) is 1.55. The van der Waals surface area contributed by atoms with Gasteiger partial charge in [-0.3, -0.25) is 0 Å². The van der Waals surface area contributed by atoms with Crippen LogP contribution in [0.25, 0.3) is 0 Å². The van der Waals surface area contributed by atoms with Crippen LogP contribution < -0.4 is 4.74 Å². The summed E-state index contributed by atoms with van der Waals surface area (Å²) in [6, 6.07) is 6.91. The second-order valence-corrected chi connectivity index (χ2v) is 7.67. The Kier molecular flexibility index (Phi) is 4.38. The standard InChI is InChI=1S/C21H29NO3/c1-3-24-16-9-8-15-13-19-17-7-5-6-10-21(17,18(15)14-16)11-12-22(19)20(23)25-4-2/h8-9,14,17,19H,3-7,10-13H2,1-2H3/t17-,19-,21-/m1/s1. The van der Waals surface area contributed by atoms with Gasteiger partial charge >= 0.3 is 6.09 Å². The average Bonchev–Trinajstić information content (AvgIpc) is 2.62. The zero-order valence-electron chi connectivity index (χ0n) is 15.4. The SMILES string of the molecule is CCOC(=O)N1CC[C@]23CCCC[C@@H]2[C@H]1Cc1ccc(OCC)cc13. The van der Waals surface area contributed by atoms with E-state index < -0.39 is 0 Å². The Morgan fingerprint density at radius 2 is 2.12 bits per heavy atom. The molecular weight excluding hydrogens is 314 g/mol. The van der Waals surface area contributed by atoms with Crippen molar-refractivity contribution in [1.29, 1.82) is 0 Å². The lowest BCUT2D eigenvalue weighted by molar-refractivity contribution is -0.0110. The first kappa shape index (κ1) is 16.7. The van der Waals surface area contributed by atoms with Crippen molar-refractivity contribution in [3.8, 4) is 5.75 Å².